The first-order chi connectivity index (χ1) is 14.0. The zero-order valence-electron chi connectivity index (χ0n) is 16.1. The Morgan fingerprint density at radius 3 is 2.59 bits per heavy atom. The second-order valence-corrected chi connectivity index (χ2v) is 6.43. The summed E-state index contributed by atoms with van der Waals surface area (Å²) >= 11 is 0. The van der Waals surface area contributed by atoms with E-state index in [1.807, 2.05) is 30.3 Å². The van der Waals surface area contributed by atoms with Crippen molar-refractivity contribution in [3.63, 3.8) is 0 Å². The zero-order chi connectivity index (χ0) is 20.8. The molecule has 6 nitrogen and oxygen atoms in total. The van der Waals surface area contributed by atoms with E-state index in [1.54, 1.807) is 36.5 Å². The molecule has 2 aromatic carbocycles. The molecular weight excluding hydrogens is 368 g/mol. The van der Waals surface area contributed by atoms with E-state index in [0.29, 0.717) is 11.3 Å². The second-order valence-electron chi connectivity index (χ2n) is 6.43. The van der Waals surface area contributed by atoms with Gasteiger partial charge in [0.1, 0.15) is 0 Å². The minimum atomic E-state index is -1.03. The third kappa shape index (κ3) is 4.93. The van der Waals surface area contributed by atoms with Crippen LogP contribution in [0.3, 0.4) is 0 Å². The van der Waals surface area contributed by atoms with Crippen LogP contribution in [0.4, 0.5) is 5.69 Å². The molecule has 1 heterocycles. The lowest BCUT2D eigenvalue weighted by Crippen LogP contribution is -2.30. The second kappa shape index (κ2) is 8.93. The van der Waals surface area contributed by atoms with Crippen LogP contribution in [0, 0.1) is 0 Å². The number of nitrogens with one attached hydrogen (secondary N) is 1. The number of carbonyl (C=O) groups excluding carboxylic acids is 3. The van der Waals surface area contributed by atoms with E-state index in [0.717, 1.165) is 16.5 Å². The average molecular weight is 388 g/mol. The van der Waals surface area contributed by atoms with E-state index in [2.05, 4.69) is 10.3 Å². The van der Waals surface area contributed by atoms with Gasteiger partial charge in [-0.3, -0.25) is 14.6 Å². The molecule has 0 fully saturated rings. The number of amides is 1. The summed E-state index contributed by atoms with van der Waals surface area (Å²) < 4.78 is 5.18. The average Bonchev–Trinajstić information content (AvgIpc) is 2.72. The van der Waals surface area contributed by atoms with Crippen LogP contribution in [-0.4, -0.2) is 28.7 Å². The Hall–Kier alpha value is -3.80. The molecule has 0 spiro atoms. The highest BCUT2D eigenvalue weighted by molar-refractivity contribution is 6.05. The van der Waals surface area contributed by atoms with E-state index in [1.165, 1.54) is 19.9 Å². The van der Waals surface area contributed by atoms with Crippen LogP contribution in [-0.2, 0) is 14.3 Å². The number of hydrogen-bond acceptors (Lipinski definition) is 5. The van der Waals surface area contributed by atoms with Gasteiger partial charge < -0.3 is 10.1 Å². The molecule has 3 aromatic rings. The van der Waals surface area contributed by atoms with Gasteiger partial charge in [0.25, 0.3) is 5.91 Å². The van der Waals surface area contributed by atoms with Crippen LogP contribution in [0.2, 0.25) is 0 Å². The molecule has 0 aliphatic rings. The molecule has 0 aliphatic carbocycles. The molecule has 1 aromatic heterocycles. The summed E-state index contributed by atoms with van der Waals surface area (Å²) in [6.07, 6.45) is 3.52. The minimum Gasteiger partial charge on any atom is -0.449 e. The first-order valence-corrected chi connectivity index (χ1v) is 9.09. The highest BCUT2D eigenvalue weighted by Crippen LogP contribution is 2.18. The van der Waals surface area contributed by atoms with Gasteiger partial charge in [0.05, 0.1) is 11.2 Å². The quantitative estimate of drug-likeness (QED) is 0.392. The Kier molecular flexibility index (Phi) is 6.14. The zero-order valence-corrected chi connectivity index (χ0v) is 16.1. The van der Waals surface area contributed by atoms with Crippen LogP contribution in [0.25, 0.3) is 17.0 Å². The highest BCUT2D eigenvalue weighted by Gasteiger charge is 2.18. The number of Topliss-reactive ketones (excluding diaryl/α,β-unsaturated/α-hetero) is 1. The molecule has 1 unspecified atom stereocenters. The molecule has 0 saturated carbocycles. The lowest BCUT2D eigenvalue weighted by atomic mass is 10.1. The summed E-state index contributed by atoms with van der Waals surface area (Å²) in [5.41, 5.74) is 2.31. The number of ketones is 1. The summed E-state index contributed by atoms with van der Waals surface area (Å²) in [7, 11) is 0. The first-order valence-electron chi connectivity index (χ1n) is 9.09. The number of esters is 1. The van der Waals surface area contributed by atoms with E-state index in [-0.39, 0.29) is 5.78 Å². The fourth-order valence-corrected chi connectivity index (χ4v) is 2.82. The van der Waals surface area contributed by atoms with Crippen molar-refractivity contribution in [2.75, 3.05) is 5.32 Å². The Morgan fingerprint density at radius 2 is 1.79 bits per heavy atom. The van der Waals surface area contributed by atoms with Gasteiger partial charge in [-0.05, 0) is 38.1 Å². The van der Waals surface area contributed by atoms with Gasteiger partial charge in [-0.15, -0.1) is 0 Å². The summed E-state index contributed by atoms with van der Waals surface area (Å²) in [5.74, 6) is -1.34. The SMILES string of the molecule is CC(=O)c1ccccc1NC(=O)C(C)OC(=O)/C=C/c1cccc2cccnc12. The van der Waals surface area contributed by atoms with Crippen molar-refractivity contribution < 1.29 is 19.1 Å². The number of benzene rings is 2. The highest BCUT2D eigenvalue weighted by atomic mass is 16.5. The van der Waals surface area contributed by atoms with Crippen molar-refractivity contribution in [2.45, 2.75) is 20.0 Å². The maximum absolute atomic E-state index is 12.3. The fraction of sp³-hybridized carbons (Fsp3) is 0.130. The van der Waals surface area contributed by atoms with E-state index in [9.17, 15) is 14.4 Å². The normalized spacial score (nSPS) is 11.9. The molecule has 0 radical (unpaired) electrons. The van der Waals surface area contributed by atoms with Gasteiger partial charge in [-0.25, -0.2) is 4.79 Å². The largest absolute Gasteiger partial charge is 0.449 e. The molecule has 146 valence electrons. The maximum atomic E-state index is 12.3. The number of ether oxygens (including phenoxy) is 1. The Balaban J connectivity index is 1.65. The molecule has 1 atom stereocenters. The van der Waals surface area contributed by atoms with Crippen molar-refractivity contribution in [2.24, 2.45) is 0 Å². The number of carbonyl (C=O) groups is 3. The topological polar surface area (TPSA) is 85.4 Å². The van der Waals surface area contributed by atoms with Crippen LogP contribution in [0.15, 0.2) is 66.9 Å². The van der Waals surface area contributed by atoms with Gasteiger partial charge in [-0.2, -0.15) is 0 Å². The lowest BCUT2D eigenvalue weighted by molar-refractivity contribution is -0.148. The molecule has 0 saturated heterocycles. The number of pyridine rings is 1. The molecule has 3 rings (SSSR count). The van der Waals surface area contributed by atoms with E-state index < -0.39 is 18.0 Å². The molecule has 1 N–H and O–H groups in total. The minimum absolute atomic E-state index is 0.169. The monoisotopic (exact) mass is 388 g/mol. The predicted molar refractivity (Wildman–Crippen MR) is 111 cm³/mol. The third-order valence-electron chi connectivity index (χ3n) is 4.29. The first kappa shape index (κ1) is 19.9. The summed E-state index contributed by atoms with van der Waals surface area (Å²) in [5, 5.41) is 3.58. The maximum Gasteiger partial charge on any atom is 0.331 e. The van der Waals surface area contributed by atoms with Gasteiger partial charge in [0.2, 0.25) is 0 Å². The van der Waals surface area contributed by atoms with Crippen LogP contribution >= 0.6 is 0 Å². The number of anilines is 1. The van der Waals surface area contributed by atoms with Crippen molar-refractivity contribution in [3.05, 3.63) is 78.0 Å². The van der Waals surface area contributed by atoms with Crippen molar-refractivity contribution >= 4 is 40.3 Å². The van der Waals surface area contributed by atoms with Crippen LogP contribution < -0.4 is 5.32 Å². The summed E-state index contributed by atoms with van der Waals surface area (Å²) in [6, 6.07) is 16.1. The fourth-order valence-electron chi connectivity index (χ4n) is 2.82. The predicted octanol–water partition coefficient (Wildman–Crippen LogP) is 4.02. The third-order valence-corrected chi connectivity index (χ3v) is 4.29. The molecular formula is C23H20N2O4. The van der Waals surface area contributed by atoms with Crippen molar-refractivity contribution in [1.82, 2.24) is 4.98 Å². The molecule has 29 heavy (non-hydrogen) atoms. The summed E-state index contributed by atoms with van der Waals surface area (Å²) in [6.45, 7) is 2.89. The van der Waals surface area contributed by atoms with Gasteiger partial charge in [-0.1, -0.05) is 36.4 Å². The summed E-state index contributed by atoms with van der Waals surface area (Å²) in [4.78, 5) is 40.4. The van der Waals surface area contributed by atoms with Crippen LogP contribution in [0.1, 0.15) is 29.8 Å². The van der Waals surface area contributed by atoms with E-state index in [4.69, 9.17) is 4.74 Å². The standard InChI is InChI=1S/C23H20N2O4/c1-15(26)19-10-3-4-11-20(19)25-23(28)16(2)29-21(27)13-12-18-8-5-7-17-9-6-14-24-22(17)18/h3-14,16H,1-2H3,(H,25,28)/b13-12+. The smallest absolute Gasteiger partial charge is 0.331 e. The molecule has 0 aliphatic heterocycles. The van der Waals surface area contributed by atoms with Gasteiger partial charge in [0, 0.05) is 28.8 Å². The Bertz CT molecular complexity index is 1100. The van der Waals surface area contributed by atoms with Crippen LogP contribution in [0.5, 0.6) is 0 Å². The Morgan fingerprint density at radius 1 is 1.03 bits per heavy atom. The van der Waals surface area contributed by atoms with Crippen molar-refractivity contribution in [1.29, 1.82) is 0 Å². The number of rotatable bonds is 6. The molecule has 0 bridgehead atoms. The van der Waals surface area contributed by atoms with Crippen molar-refractivity contribution in [3.8, 4) is 0 Å². The molecule has 1 amide bonds. The van der Waals surface area contributed by atoms with Gasteiger partial charge in [0.15, 0.2) is 11.9 Å². The number of para-hydroxylation sites is 2. The number of fused-ring (bicyclic) bond motifs is 1. The lowest BCUT2D eigenvalue weighted by Gasteiger charge is -2.14. The molecule has 6 heteroatoms. The number of nitrogens with zero attached hydrogens (tertiary/aromatic N) is 1. The Labute approximate surface area is 168 Å². The number of hydrogen-bond donors (Lipinski definition) is 1. The van der Waals surface area contributed by atoms with E-state index >= 15 is 0 Å². The van der Waals surface area contributed by atoms with Gasteiger partial charge >= 0.3 is 5.97 Å². The number of aromatic nitrogens is 1.